The molecule has 0 amide bonds. The van der Waals surface area contributed by atoms with E-state index in [-0.39, 0.29) is 0 Å². The van der Waals surface area contributed by atoms with Crippen molar-refractivity contribution in [2.75, 3.05) is 7.05 Å². The van der Waals surface area contributed by atoms with E-state index in [0.29, 0.717) is 5.11 Å². The van der Waals surface area contributed by atoms with Crippen molar-refractivity contribution in [1.29, 1.82) is 0 Å². The zero-order chi connectivity index (χ0) is 9.68. The van der Waals surface area contributed by atoms with E-state index in [1.807, 2.05) is 7.05 Å². The molecule has 0 saturated heterocycles. The molecule has 0 saturated carbocycles. The first-order chi connectivity index (χ1) is 6.22. The number of rotatable bonds is 2. The molecule has 1 aromatic rings. The van der Waals surface area contributed by atoms with Gasteiger partial charge in [0, 0.05) is 13.6 Å². The number of thiocarbonyl (C=S) groups is 1. The summed E-state index contributed by atoms with van der Waals surface area (Å²) in [4.78, 5) is 0. The minimum absolute atomic E-state index is 0.682. The van der Waals surface area contributed by atoms with Crippen molar-refractivity contribution in [1.82, 2.24) is 10.6 Å². The van der Waals surface area contributed by atoms with E-state index >= 15 is 0 Å². The summed E-state index contributed by atoms with van der Waals surface area (Å²) in [6.07, 6.45) is 0. The molecule has 0 unspecified atom stereocenters. The molecule has 70 valence electrons. The molecule has 2 N–H and O–H groups in total. The highest BCUT2D eigenvalue weighted by atomic mass is 32.1. The summed E-state index contributed by atoms with van der Waals surface area (Å²) < 4.78 is 0. The van der Waals surface area contributed by atoms with Gasteiger partial charge in [-0.3, -0.25) is 0 Å². The van der Waals surface area contributed by atoms with Crippen molar-refractivity contribution in [2.24, 2.45) is 0 Å². The molecular formula is C10H14N2S. The van der Waals surface area contributed by atoms with Crippen LogP contribution in [0.2, 0.25) is 0 Å². The SMILES string of the molecule is CNC(=S)NCc1cccc(C)c1. The van der Waals surface area contributed by atoms with E-state index in [1.165, 1.54) is 11.1 Å². The Kier molecular flexibility index (Phi) is 3.71. The number of benzene rings is 1. The van der Waals surface area contributed by atoms with Gasteiger partial charge in [-0.2, -0.15) is 0 Å². The lowest BCUT2D eigenvalue weighted by atomic mass is 10.1. The highest BCUT2D eigenvalue weighted by Crippen LogP contribution is 2.02. The van der Waals surface area contributed by atoms with Crippen molar-refractivity contribution in [2.45, 2.75) is 13.5 Å². The third-order valence-electron chi connectivity index (χ3n) is 1.76. The summed E-state index contributed by atoms with van der Waals surface area (Å²) in [7, 11) is 1.81. The van der Waals surface area contributed by atoms with Gasteiger partial charge in [0.25, 0.3) is 0 Å². The minimum atomic E-state index is 0.682. The van der Waals surface area contributed by atoms with Crippen LogP contribution in [0.5, 0.6) is 0 Å². The lowest BCUT2D eigenvalue weighted by molar-refractivity contribution is 0.889. The van der Waals surface area contributed by atoms with Gasteiger partial charge in [0.05, 0.1) is 0 Å². The average Bonchev–Trinajstić information content (AvgIpc) is 2.14. The van der Waals surface area contributed by atoms with Crippen molar-refractivity contribution >= 4 is 17.3 Å². The molecule has 0 fully saturated rings. The molecule has 0 bridgehead atoms. The van der Waals surface area contributed by atoms with Crippen LogP contribution in [0, 0.1) is 6.92 Å². The Morgan fingerprint density at radius 3 is 2.85 bits per heavy atom. The lowest BCUT2D eigenvalue weighted by Gasteiger charge is -2.07. The largest absolute Gasteiger partial charge is 0.366 e. The smallest absolute Gasteiger partial charge is 0.166 e. The Balaban J connectivity index is 2.50. The number of hydrogen-bond acceptors (Lipinski definition) is 1. The molecular weight excluding hydrogens is 180 g/mol. The van der Waals surface area contributed by atoms with Crippen LogP contribution in [0.1, 0.15) is 11.1 Å². The highest BCUT2D eigenvalue weighted by Gasteiger charge is 1.93. The first-order valence-corrected chi connectivity index (χ1v) is 4.64. The van der Waals surface area contributed by atoms with Gasteiger partial charge in [0.1, 0.15) is 0 Å². The third kappa shape index (κ3) is 3.42. The van der Waals surface area contributed by atoms with Crippen molar-refractivity contribution in [3.63, 3.8) is 0 Å². The van der Waals surface area contributed by atoms with Crippen LogP contribution in [0.15, 0.2) is 24.3 Å². The second-order valence-corrected chi connectivity index (χ2v) is 3.33. The van der Waals surface area contributed by atoms with E-state index in [0.717, 1.165) is 6.54 Å². The Labute approximate surface area is 84.3 Å². The average molecular weight is 194 g/mol. The van der Waals surface area contributed by atoms with Crippen LogP contribution < -0.4 is 10.6 Å². The van der Waals surface area contributed by atoms with E-state index in [1.54, 1.807) is 0 Å². The molecule has 0 radical (unpaired) electrons. The molecule has 13 heavy (non-hydrogen) atoms. The zero-order valence-electron chi connectivity index (χ0n) is 7.92. The van der Waals surface area contributed by atoms with Gasteiger partial charge in [-0.15, -0.1) is 0 Å². The summed E-state index contributed by atoms with van der Waals surface area (Å²) in [6, 6.07) is 8.36. The van der Waals surface area contributed by atoms with E-state index in [9.17, 15) is 0 Å². The normalized spacial score (nSPS) is 9.38. The number of nitrogens with one attached hydrogen (secondary N) is 2. The van der Waals surface area contributed by atoms with Gasteiger partial charge >= 0.3 is 0 Å². The number of hydrogen-bond donors (Lipinski definition) is 2. The van der Waals surface area contributed by atoms with Gasteiger partial charge < -0.3 is 10.6 Å². The number of aryl methyl sites for hydroxylation is 1. The minimum Gasteiger partial charge on any atom is -0.366 e. The molecule has 3 heteroatoms. The third-order valence-corrected chi connectivity index (χ3v) is 2.11. The molecule has 1 aromatic carbocycles. The quantitative estimate of drug-likeness (QED) is 0.699. The Morgan fingerprint density at radius 2 is 2.23 bits per heavy atom. The van der Waals surface area contributed by atoms with E-state index in [4.69, 9.17) is 12.2 Å². The van der Waals surface area contributed by atoms with Gasteiger partial charge in [-0.25, -0.2) is 0 Å². The maximum atomic E-state index is 4.97. The second kappa shape index (κ2) is 4.82. The molecule has 0 spiro atoms. The summed E-state index contributed by atoms with van der Waals surface area (Å²) in [5, 5.41) is 6.65. The fraction of sp³-hybridized carbons (Fsp3) is 0.300. The molecule has 0 aliphatic rings. The molecule has 1 rings (SSSR count). The van der Waals surface area contributed by atoms with Crippen molar-refractivity contribution in [3.8, 4) is 0 Å². The lowest BCUT2D eigenvalue weighted by Crippen LogP contribution is -2.31. The van der Waals surface area contributed by atoms with Gasteiger partial charge in [-0.1, -0.05) is 29.8 Å². The predicted octanol–water partition coefficient (Wildman–Crippen LogP) is 1.59. The summed E-state index contributed by atoms with van der Waals surface area (Å²) in [5.41, 5.74) is 2.52. The van der Waals surface area contributed by atoms with Gasteiger partial charge in [-0.05, 0) is 24.7 Å². The Bertz CT molecular complexity index is 297. The van der Waals surface area contributed by atoms with Crippen LogP contribution in [0.25, 0.3) is 0 Å². The van der Waals surface area contributed by atoms with Crippen LogP contribution in [0.4, 0.5) is 0 Å². The summed E-state index contributed by atoms with van der Waals surface area (Å²) in [5.74, 6) is 0. The fourth-order valence-electron chi connectivity index (χ4n) is 1.09. The van der Waals surface area contributed by atoms with Crippen LogP contribution in [0.3, 0.4) is 0 Å². The Morgan fingerprint density at radius 1 is 1.46 bits per heavy atom. The maximum absolute atomic E-state index is 4.97. The van der Waals surface area contributed by atoms with Gasteiger partial charge in [0.2, 0.25) is 0 Å². The fourth-order valence-corrected chi connectivity index (χ4v) is 1.17. The first kappa shape index (κ1) is 9.99. The highest BCUT2D eigenvalue weighted by molar-refractivity contribution is 7.80. The van der Waals surface area contributed by atoms with Gasteiger partial charge in [0.15, 0.2) is 5.11 Å². The summed E-state index contributed by atoms with van der Waals surface area (Å²) in [6.45, 7) is 2.86. The van der Waals surface area contributed by atoms with Crippen LogP contribution in [-0.4, -0.2) is 12.2 Å². The molecule has 0 aliphatic carbocycles. The Hall–Kier alpha value is -1.09. The molecule has 0 heterocycles. The standard InChI is InChI=1S/C10H14N2S/c1-8-4-3-5-9(6-8)7-12-10(13)11-2/h3-6H,7H2,1-2H3,(H2,11,12,13). The van der Waals surface area contributed by atoms with Crippen molar-refractivity contribution < 1.29 is 0 Å². The molecule has 0 aliphatic heterocycles. The van der Waals surface area contributed by atoms with E-state index < -0.39 is 0 Å². The predicted molar refractivity (Wildman–Crippen MR) is 59.7 cm³/mol. The topological polar surface area (TPSA) is 24.1 Å². The second-order valence-electron chi connectivity index (χ2n) is 2.92. The monoisotopic (exact) mass is 194 g/mol. The van der Waals surface area contributed by atoms with Crippen molar-refractivity contribution in [3.05, 3.63) is 35.4 Å². The first-order valence-electron chi connectivity index (χ1n) is 4.23. The summed E-state index contributed by atoms with van der Waals surface area (Å²) >= 11 is 4.97. The van der Waals surface area contributed by atoms with Crippen LogP contribution in [-0.2, 0) is 6.54 Å². The van der Waals surface area contributed by atoms with E-state index in [2.05, 4.69) is 41.8 Å². The molecule has 0 atom stereocenters. The van der Waals surface area contributed by atoms with Crippen LogP contribution >= 0.6 is 12.2 Å². The molecule has 0 aromatic heterocycles. The zero-order valence-corrected chi connectivity index (χ0v) is 8.74. The maximum Gasteiger partial charge on any atom is 0.166 e. The molecule has 2 nitrogen and oxygen atoms in total.